The first-order chi connectivity index (χ1) is 7.91. The third-order valence-corrected chi connectivity index (χ3v) is 2.77. The van der Waals surface area contributed by atoms with Gasteiger partial charge in [-0.25, -0.2) is 4.79 Å². The normalized spacial score (nSPS) is 11.2. The third-order valence-electron chi connectivity index (χ3n) is 2.77. The first-order valence-corrected chi connectivity index (χ1v) is 5.68. The summed E-state index contributed by atoms with van der Waals surface area (Å²) in [6, 6.07) is 10.2. The van der Waals surface area contributed by atoms with Gasteiger partial charge in [-0.05, 0) is 0 Å². The number of benzene rings is 1. The summed E-state index contributed by atoms with van der Waals surface area (Å²) in [5, 5.41) is 8.76. The largest absolute Gasteiger partial charge is 0.478 e. The molecule has 0 atom stereocenters. The molecule has 0 aliphatic carbocycles. The first kappa shape index (κ1) is 13.5. The molecule has 3 heteroatoms. The molecule has 1 rings (SSSR count). The van der Waals surface area contributed by atoms with Crippen molar-refractivity contribution in [1.29, 1.82) is 0 Å². The van der Waals surface area contributed by atoms with Gasteiger partial charge in [-0.1, -0.05) is 36.9 Å². The second kappa shape index (κ2) is 5.64. The molecule has 0 saturated heterocycles. The van der Waals surface area contributed by atoms with Crippen molar-refractivity contribution in [3.05, 3.63) is 48.0 Å². The molecule has 1 aromatic rings. The smallest absolute Gasteiger partial charge is 0.331 e. The van der Waals surface area contributed by atoms with Gasteiger partial charge >= 0.3 is 5.97 Å². The van der Waals surface area contributed by atoms with E-state index in [2.05, 4.69) is 32.8 Å². The molecule has 0 aliphatic heterocycles. The fourth-order valence-corrected chi connectivity index (χ4v) is 1.70. The Bertz CT molecular complexity index is 396. The number of hydrogen-bond donors (Lipinski definition) is 1. The molecular weight excluding hydrogens is 214 g/mol. The fraction of sp³-hybridized carbons (Fsp3) is 0.357. The Morgan fingerprint density at radius 2 is 1.88 bits per heavy atom. The topological polar surface area (TPSA) is 37.3 Å². The van der Waals surface area contributed by atoms with Crippen molar-refractivity contribution in [2.24, 2.45) is 0 Å². The molecule has 17 heavy (non-hydrogen) atoms. The molecule has 0 fully saturated rings. The summed E-state index contributed by atoms with van der Waals surface area (Å²) in [5.41, 5.74) is 1.54. The van der Waals surface area contributed by atoms with Crippen LogP contribution in [0.1, 0.15) is 12.0 Å². The van der Waals surface area contributed by atoms with E-state index in [-0.39, 0.29) is 5.57 Å². The maximum Gasteiger partial charge on any atom is 0.331 e. The molecule has 0 aromatic heterocycles. The zero-order valence-corrected chi connectivity index (χ0v) is 10.5. The van der Waals surface area contributed by atoms with E-state index in [1.807, 2.05) is 18.2 Å². The number of nitrogens with zero attached hydrogens (tertiary/aromatic N) is 1. The monoisotopic (exact) mass is 234 g/mol. The van der Waals surface area contributed by atoms with E-state index in [0.717, 1.165) is 17.6 Å². The van der Waals surface area contributed by atoms with Crippen LogP contribution in [0.15, 0.2) is 42.5 Å². The van der Waals surface area contributed by atoms with Crippen molar-refractivity contribution in [3.63, 3.8) is 0 Å². The lowest BCUT2D eigenvalue weighted by Crippen LogP contribution is -2.39. The number of hydrogen-bond acceptors (Lipinski definition) is 1. The first-order valence-electron chi connectivity index (χ1n) is 5.68. The molecule has 0 saturated carbocycles. The highest BCUT2D eigenvalue weighted by atomic mass is 16.4. The number of rotatable bonds is 6. The summed E-state index contributed by atoms with van der Waals surface area (Å²) in [7, 11) is 4.20. The Hall–Kier alpha value is -1.61. The lowest BCUT2D eigenvalue weighted by atomic mass is 10.1. The molecule has 1 N–H and O–H groups in total. The number of aliphatic carboxylic acids is 1. The van der Waals surface area contributed by atoms with Gasteiger partial charge < -0.3 is 9.59 Å². The number of carboxylic acid groups (broad SMARTS) is 1. The lowest BCUT2D eigenvalue weighted by Gasteiger charge is -2.30. The van der Waals surface area contributed by atoms with Crippen LogP contribution in [0.3, 0.4) is 0 Å². The molecule has 0 spiro atoms. The average Bonchev–Trinajstić information content (AvgIpc) is 2.26. The lowest BCUT2D eigenvalue weighted by molar-refractivity contribution is -0.903. The third kappa shape index (κ3) is 4.83. The van der Waals surface area contributed by atoms with E-state index in [1.54, 1.807) is 0 Å². The van der Waals surface area contributed by atoms with Crippen LogP contribution in [0, 0.1) is 0 Å². The molecule has 92 valence electrons. The minimum absolute atomic E-state index is 0.282. The highest BCUT2D eigenvalue weighted by molar-refractivity contribution is 5.85. The summed E-state index contributed by atoms with van der Waals surface area (Å²) in [4.78, 5) is 10.7. The van der Waals surface area contributed by atoms with E-state index >= 15 is 0 Å². The molecule has 0 bridgehead atoms. The maximum absolute atomic E-state index is 10.7. The van der Waals surface area contributed by atoms with E-state index in [9.17, 15) is 4.79 Å². The van der Waals surface area contributed by atoms with Gasteiger partial charge in [0.1, 0.15) is 6.54 Å². The van der Waals surface area contributed by atoms with E-state index < -0.39 is 5.97 Å². The Morgan fingerprint density at radius 1 is 1.29 bits per heavy atom. The van der Waals surface area contributed by atoms with Crippen LogP contribution in [0.2, 0.25) is 0 Å². The van der Waals surface area contributed by atoms with Crippen molar-refractivity contribution in [2.45, 2.75) is 13.0 Å². The summed E-state index contributed by atoms with van der Waals surface area (Å²) < 4.78 is 0.760. The van der Waals surface area contributed by atoms with Gasteiger partial charge in [0.25, 0.3) is 0 Å². The highest BCUT2D eigenvalue weighted by Crippen LogP contribution is 2.11. The summed E-state index contributed by atoms with van der Waals surface area (Å²) in [5.74, 6) is -0.898. The Balaban J connectivity index is 2.52. The second-order valence-corrected chi connectivity index (χ2v) is 4.96. The summed E-state index contributed by atoms with van der Waals surface area (Å²) in [6.07, 6.45) is 0.523. The van der Waals surface area contributed by atoms with E-state index in [4.69, 9.17) is 5.11 Å². The Kier molecular flexibility index (Phi) is 4.46. The SMILES string of the molecule is C=C(CC[N+](C)(C)Cc1ccccc1)C(=O)O. The van der Waals surface area contributed by atoms with Gasteiger partial charge in [0, 0.05) is 17.6 Å². The standard InChI is InChI=1S/C14H19NO2/c1-12(14(16)17)9-10-15(2,3)11-13-7-5-4-6-8-13/h4-8H,1,9-11H2,2-3H3/p+1. The van der Waals surface area contributed by atoms with Crippen molar-refractivity contribution in [2.75, 3.05) is 20.6 Å². The van der Waals surface area contributed by atoms with E-state index in [0.29, 0.717) is 6.42 Å². The number of carboxylic acids is 1. The Labute approximate surface area is 103 Å². The van der Waals surface area contributed by atoms with Gasteiger partial charge in [-0.2, -0.15) is 0 Å². The van der Waals surface area contributed by atoms with Crippen LogP contribution in [-0.2, 0) is 11.3 Å². The number of quaternary nitrogens is 1. The van der Waals surface area contributed by atoms with Gasteiger partial charge in [0.05, 0.1) is 20.6 Å². The summed E-state index contributed by atoms with van der Waals surface area (Å²) >= 11 is 0. The van der Waals surface area contributed by atoms with Gasteiger partial charge in [0.15, 0.2) is 0 Å². The maximum atomic E-state index is 10.7. The average molecular weight is 234 g/mol. The zero-order chi connectivity index (χ0) is 12.9. The molecule has 0 unspecified atom stereocenters. The van der Waals surface area contributed by atoms with Gasteiger partial charge in [0.2, 0.25) is 0 Å². The van der Waals surface area contributed by atoms with Gasteiger partial charge in [-0.15, -0.1) is 0 Å². The van der Waals surface area contributed by atoms with Crippen molar-refractivity contribution in [3.8, 4) is 0 Å². The van der Waals surface area contributed by atoms with Crippen LogP contribution >= 0.6 is 0 Å². The van der Waals surface area contributed by atoms with E-state index in [1.165, 1.54) is 5.56 Å². The quantitative estimate of drug-likeness (QED) is 0.605. The predicted octanol–water partition coefficient (Wildman–Crippen LogP) is 2.29. The molecule has 0 heterocycles. The van der Waals surface area contributed by atoms with Crippen LogP contribution in [0.5, 0.6) is 0 Å². The van der Waals surface area contributed by atoms with Crippen molar-refractivity contribution < 1.29 is 14.4 Å². The van der Waals surface area contributed by atoms with Crippen LogP contribution in [0.4, 0.5) is 0 Å². The highest BCUT2D eigenvalue weighted by Gasteiger charge is 2.17. The zero-order valence-electron chi connectivity index (χ0n) is 10.5. The molecule has 0 amide bonds. The minimum atomic E-state index is -0.898. The molecular formula is C14H20NO2+. The van der Waals surface area contributed by atoms with Crippen LogP contribution in [-0.4, -0.2) is 36.2 Å². The minimum Gasteiger partial charge on any atom is -0.478 e. The molecule has 1 aromatic carbocycles. The molecule has 3 nitrogen and oxygen atoms in total. The predicted molar refractivity (Wildman–Crippen MR) is 68.5 cm³/mol. The van der Waals surface area contributed by atoms with Crippen LogP contribution < -0.4 is 0 Å². The summed E-state index contributed by atoms with van der Waals surface area (Å²) in [6.45, 7) is 5.23. The van der Waals surface area contributed by atoms with Crippen molar-refractivity contribution >= 4 is 5.97 Å². The second-order valence-electron chi connectivity index (χ2n) is 4.96. The molecule has 0 aliphatic rings. The number of carbonyl (C=O) groups is 1. The fourth-order valence-electron chi connectivity index (χ4n) is 1.70. The molecule has 0 radical (unpaired) electrons. The van der Waals surface area contributed by atoms with Gasteiger partial charge in [-0.3, -0.25) is 0 Å². The van der Waals surface area contributed by atoms with Crippen LogP contribution in [0.25, 0.3) is 0 Å². The van der Waals surface area contributed by atoms with Crippen molar-refractivity contribution in [1.82, 2.24) is 0 Å². The Morgan fingerprint density at radius 3 is 2.41 bits per heavy atom.